The molecule has 2 unspecified atom stereocenters. The first-order chi connectivity index (χ1) is 10.1. The Morgan fingerprint density at radius 1 is 1.59 bits per heavy atom. The van der Waals surface area contributed by atoms with Gasteiger partial charge in [-0.3, -0.25) is 9.36 Å². The molecule has 0 spiro atoms. The van der Waals surface area contributed by atoms with Crippen LogP contribution in [0.4, 0.5) is 10.3 Å². The van der Waals surface area contributed by atoms with E-state index in [1.807, 2.05) is 0 Å². The molecule has 3 N–H and O–H groups in total. The summed E-state index contributed by atoms with van der Waals surface area (Å²) >= 11 is 4.64. The van der Waals surface area contributed by atoms with E-state index in [1.54, 1.807) is 0 Å². The number of halogens is 2. The van der Waals surface area contributed by atoms with Crippen LogP contribution >= 0.6 is 11.6 Å². The van der Waals surface area contributed by atoms with Crippen LogP contribution in [0, 0.1) is 0 Å². The van der Waals surface area contributed by atoms with Crippen LogP contribution in [0.2, 0.25) is 0 Å². The van der Waals surface area contributed by atoms with Gasteiger partial charge in [-0.25, -0.2) is 9.37 Å². The third-order valence-corrected chi connectivity index (χ3v) is 2.73. The van der Waals surface area contributed by atoms with E-state index in [2.05, 4.69) is 26.6 Å². The Bertz CT molecular complexity index is 634. The van der Waals surface area contributed by atoms with Gasteiger partial charge in [-0.05, 0) is 0 Å². The van der Waals surface area contributed by atoms with Gasteiger partial charge in [-0.2, -0.15) is 0 Å². The number of aromatic amines is 1. The van der Waals surface area contributed by atoms with E-state index in [0.717, 1.165) is 10.9 Å². The van der Waals surface area contributed by atoms with Gasteiger partial charge in [-0.15, -0.1) is 11.6 Å². The molecule has 2 aromatic heterocycles. The molecule has 8 nitrogen and oxygen atoms in total. The van der Waals surface area contributed by atoms with E-state index in [9.17, 15) is 9.18 Å². The molecule has 2 heterocycles. The summed E-state index contributed by atoms with van der Waals surface area (Å²) < 4.78 is 20.0. The number of fused-ring (bicyclic) bond motifs is 1. The maximum absolute atomic E-state index is 14.1. The minimum absolute atomic E-state index is 0. The fourth-order valence-corrected chi connectivity index (χ4v) is 1.71. The summed E-state index contributed by atoms with van der Waals surface area (Å²) in [6, 6.07) is 0. The van der Waals surface area contributed by atoms with Crippen molar-refractivity contribution in [2.24, 2.45) is 0 Å². The first kappa shape index (κ1) is 20.9. The van der Waals surface area contributed by atoms with Crippen molar-refractivity contribution in [1.82, 2.24) is 19.5 Å². The Morgan fingerprint density at radius 3 is 2.77 bits per heavy atom. The second-order valence-corrected chi connectivity index (χ2v) is 3.95. The zero-order valence-corrected chi connectivity index (χ0v) is 15.0. The smallest absolute Gasteiger partial charge is 0.222 e. The van der Waals surface area contributed by atoms with Gasteiger partial charge in [0.2, 0.25) is 5.56 Å². The Morgan fingerprint density at radius 2 is 2.23 bits per heavy atom. The number of rotatable bonds is 5. The SMILES string of the molecule is CCl.COC(CO)CC(F)n1cnc2c(=O)[nH]c([NH-])nc21.[Ir]. The molecule has 2 rings (SSSR count). The van der Waals surface area contributed by atoms with Gasteiger partial charge in [0.1, 0.15) is 5.52 Å². The molecule has 0 aromatic carbocycles. The van der Waals surface area contributed by atoms with E-state index in [-0.39, 0.29) is 50.2 Å². The summed E-state index contributed by atoms with van der Waals surface area (Å²) in [6.45, 7) is -0.318. The second kappa shape index (κ2) is 9.86. The van der Waals surface area contributed by atoms with Gasteiger partial charge < -0.3 is 25.5 Å². The van der Waals surface area contributed by atoms with Crippen LogP contribution in [0.15, 0.2) is 11.1 Å². The number of aliphatic hydroxyl groups excluding tert-OH is 1. The topological polar surface area (TPSA) is 117 Å². The van der Waals surface area contributed by atoms with Gasteiger partial charge >= 0.3 is 0 Å². The summed E-state index contributed by atoms with van der Waals surface area (Å²) in [5.74, 6) is -0.364. The number of methoxy groups -OCH3 is 1. The fourth-order valence-electron chi connectivity index (χ4n) is 1.71. The van der Waals surface area contributed by atoms with E-state index in [0.29, 0.717) is 0 Å². The predicted octanol–water partition coefficient (Wildman–Crippen LogP) is 1.52. The average Bonchev–Trinajstić information content (AvgIpc) is 2.90. The van der Waals surface area contributed by atoms with Crippen molar-refractivity contribution in [3.63, 3.8) is 0 Å². The summed E-state index contributed by atoms with van der Waals surface area (Å²) in [6.07, 6.45) is 0.280. The van der Waals surface area contributed by atoms with Gasteiger partial charge in [0.15, 0.2) is 6.30 Å². The van der Waals surface area contributed by atoms with Gasteiger partial charge in [0.25, 0.3) is 0 Å². The van der Waals surface area contributed by atoms with Crippen LogP contribution in [0.3, 0.4) is 0 Å². The largest absolute Gasteiger partial charge is 0.411 e. The van der Waals surface area contributed by atoms with Crippen molar-refractivity contribution in [3.05, 3.63) is 22.4 Å². The molecule has 0 aliphatic rings. The first-order valence-corrected chi connectivity index (χ1v) is 6.66. The molecule has 1 radical (unpaired) electrons. The molecule has 0 aliphatic heterocycles. The maximum atomic E-state index is 14.1. The number of imidazole rings is 1. The molecular weight excluding hydrogens is 497 g/mol. The molecule has 127 valence electrons. The minimum atomic E-state index is -1.56. The quantitative estimate of drug-likeness (QED) is 0.589. The summed E-state index contributed by atoms with van der Waals surface area (Å²) in [5, 5.41) is 8.96. The predicted molar refractivity (Wildman–Crippen MR) is 76.6 cm³/mol. The zero-order valence-electron chi connectivity index (χ0n) is 11.8. The summed E-state index contributed by atoms with van der Waals surface area (Å²) in [5.41, 5.74) is 6.69. The Labute approximate surface area is 144 Å². The molecule has 11 heteroatoms. The molecule has 0 saturated carbocycles. The van der Waals surface area contributed by atoms with E-state index >= 15 is 0 Å². The van der Waals surface area contributed by atoms with Crippen molar-refractivity contribution in [2.75, 3.05) is 20.1 Å². The number of nitrogens with one attached hydrogen (secondary N) is 2. The van der Waals surface area contributed by atoms with Crippen molar-refractivity contribution >= 4 is 28.7 Å². The van der Waals surface area contributed by atoms with Crippen molar-refractivity contribution in [1.29, 1.82) is 0 Å². The van der Waals surface area contributed by atoms with Crippen molar-refractivity contribution < 1.29 is 34.3 Å². The molecule has 0 fully saturated rings. The molecule has 0 aliphatic carbocycles. The number of nitrogens with zero attached hydrogens (tertiary/aromatic N) is 3. The number of ether oxygens (including phenoxy) is 1. The molecule has 2 atom stereocenters. The van der Waals surface area contributed by atoms with Crippen molar-refractivity contribution in [2.45, 2.75) is 18.8 Å². The Balaban J connectivity index is 0.00000141. The van der Waals surface area contributed by atoms with E-state index in [4.69, 9.17) is 15.6 Å². The van der Waals surface area contributed by atoms with Crippen LogP contribution in [0.5, 0.6) is 0 Å². The third kappa shape index (κ3) is 4.72. The van der Waals surface area contributed by atoms with Gasteiger partial charge in [0.05, 0.1) is 24.7 Å². The summed E-state index contributed by atoms with van der Waals surface area (Å²) in [4.78, 5) is 21.2. The molecule has 2 aromatic rings. The van der Waals surface area contributed by atoms with Crippen LogP contribution in [0.1, 0.15) is 12.7 Å². The van der Waals surface area contributed by atoms with Gasteiger partial charge in [0, 0.05) is 46.0 Å². The number of aliphatic hydroxyl groups is 1. The van der Waals surface area contributed by atoms with Crippen LogP contribution in [-0.2, 0) is 24.8 Å². The van der Waals surface area contributed by atoms with Crippen LogP contribution in [0.25, 0.3) is 16.9 Å². The molecular formula is C11H16ClFIrN5O3-. The summed E-state index contributed by atoms with van der Waals surface area (Å²) in [7, 11) is 1.37. The number of H-pyrrole nitrogens is 1. The standard InChI is InChI=1S/C10H14FN5O3.CH3Cl.Ir/c1-19-5(3-17)2-6(11)16-4-13-7-8(16)14-10(12)15-9(7)18;1-2;/h4-6,17H,2-3H2,1H3,(H3,12,14,15,18);1H3;/p-1. The molecule has 0 saturated heterocycles. The Kier molecular flexibility index (Phi) is 9.38. The van der Waals surface area contributed by atoms with Crippen LogP contribution < -0.4 is 5.56 Å². The molecule has 22 heavy (non-hydrogen) atoms. The van der Waals surface area contributed by atoms with E-state index in [1.165, 1.54) is 13.5 Å². The normalized spacial score (nSPS) is 13.0. The molecule has 0 bridgehead atoms. The van der Waals surface area contributed by atoms with Gasteiger partial charge in [-0.1, -0.05) is 0 Å². The fraction of sp³-hybridized carbons (Fsp3) is 0.545. The van der Waals surface area contributed by atoms with E-state index < -0.39 is 18.0 Å². The Hall–Kier alpha value is -1.06. The maximum Gasteiger partial charge on any atom is 0.222 e. The van der Waals surface area contributed by atoms with Crippen molar-refractivity contribution in [3.8, 4) is 0 Å². The monoisotopic (exact) mass is 513 g/mol. The van der Waals surface area contributed by atoms with Crippen LogP contribution in [-0.4, -0.2) is 50.8 Å². The first-order valence-electron chi connectivity index (χ1n) is 5.90. The molecule has 0 amide bonds. The third-order valence-electron chi connectivity index (χ3n) is 2.73. The average molecular weight is 513 g/mol. The number of hydrogen-bond donors (Lipinski definition) is 2. The second-order valence-electron chi connectivity index (χ2n) is 3.95. The number of alkyl halides is 2. The minimum Gasteiger partial charge on any atom is -0.411 e. The number of hydrogen-bond acceptors (Lipinski definition) is 5. The zero-order chi connectivity index (χ0) is 16.0. The number of aromatic nitrogens is 4.